The molecule has 7 aromatic carbocycles. The normalized spacial score (nSPS) is 10.3. The number of rotatable bonds is 20. The van der Waals surface area contributed by atoms with E-state index in [0.29, 0.717) is 11.8 Å². The van der Waals surface area contributed by atoms with Crippen LogP contribution in [0.3, 0.4) is 0 Å². The molecule has 5 aromatic heterocycles. The number of alkyl halides is 2. The molecule has 0 bridgehead atoms. The summed E-state index contributed by atoms with van der Waals surface area (Å²) >= 11 is 11.6. The van der Waals surface area contributed by atoms with E-state index in [1.807, 2.05) is 30.7 Å². The molecule has 0 aliphatic carbocycles. The third kappa shape index (κ3) is 21.7. The Morgan fingerprint density at radius 2 is 0.518 bits per heavy atom. The average molecular weight is 1260 g/mol. The van der Waals surface area contributed by atoms with Gasteiger partial charge in [0.1, 0.15) is 102 Å². The number of aromatic nitrogens is 10. The molecule has 0 fully saturated rings. The molecule has 0 unspecified atom stereocenters. The molecule has 12 aromatic rings. The van der Waals surface area contributed by atoms with Gasteiger partial charge in [-0.15, -0.1) is 72.8 Å². The predicted octanol–water partition coefficient (Wildman–Crippen LogP) is 13.8. The zero-order valence-corrected chi connectivity index (χ0v) is 51.5. The molecule has 12 rings (SSSR count). The van der Waals surface area contributed by atoms with Crippen molar-refractivity contribution in [3.63, 3.8) is 0 Å². The van der Waals surface area contributed by atoms with Crippen LogP contribution in [0.15, 0.2) is 282 Å². The van der Waals surface area contributed by atoms with Gasteiger partial charge in [-0.25, -0.2) is 41.5 Å². The first-order chi connectivity index (χ1) is 39.4. The van der Waals surface area contributed by atoms with E-state index < -0.39 is 0 Å². The van der Waals surface area contributed by atoms with Crippen LogP contribution in [0.2, 0.25) is 0 Å². The highest BCUT2D eigenvalue weighted by molar-refractivity contribution is 6.17. The molecule has 440 valence electrons. The highest BCUT2D eigenvalue weighted by Crippen LogP contribution is 2.13. The molecule has 0 atom stereocenters. The summed E-state index contributed by atoms with van der Waals surface area (Å²) in [6.45, 7) is 7.84. The first-order valence-corrected chi connectivity index (χ1v) is 28.2. The minimum absolute atomic E-state index is 0. The molecule has 0 saturated heterocycles. The molecule has 0 radical (unpaired) electrons. The van der Waals surface area contributed by atoms with Gasteiger partial charge >= 0.3 is 0 Å². The Hall–Kier alpha value is -7.67. The van der Waals surface area contributed by atoms with Crippen LogP contribution in [0.1, 0.15) is 68.6 Å². The van der Waals surface area contributed by atoms with Crippen LogP contribution < -0.4 is 18.3 Å². The maximum atomic E-state index is 5.82. The van der Waals surface area contributed by atoms with E-state index in [0.717, 1.165) is 70.0 Å². The molecule has 0 N–H and O–H groups in total. The smallest absolute Gasteiger partial charge is 0.244 e. The molecular formula is C69H76Cl6N10+4. The lowest BCUT2D eigenvalue weighted by Crippen LogP contribution is -2.31. The molecule has 0 amide bonds. The highest BCUT2D eigenvalue weighted by Gasteiger charge is 2.11. The maximum Gasteiger partial charge on any atom is 0.244 e. The fourth-order valence-electron chi connectivity index (χ4n) is 9.50. The monoisotopic (exact) mass is 1250 g/mol. The van der Waals surface area contributed by atoms with E-state index in [2.05, 4.69) is 291 Å². The van der Waals surface area contributed by atoms with Gasteiger partial charge in [-0.1, -0.05) is 195 Å². The van der Waals surface area contributed by atoms with Crippen LogP contribution >= 0.6 is 72.8 Å². The zero-order valence-electron chi connectivity index (χ0n) is 46.7. The maximum absolute atomic E-state index is 5.82. The van der Waals surface area contributed by atoms with Gasteiger partial charge in [0.05, 0.1) is 6.33 Å². The minimum Gasteiger partial charge on any atom is -0.333 e. The van der Waals surface area contributed by atoms with Gasteiger partial charge in [-0.05, 0) is 61.2 Å². The summed E-state index contributed by atoms with van der Waals surface area (Å²) in [7, 11) is 0. The standard InChI is InChI=1S/C39H39N6.C19H19Cl2N2.C10H10N2.CH4.4ClH/c1-3-7-34(8-4-1)25-40-19-21-42(31-40)27-36-11-15-38(16-12-36)29-44-23-24-45(33-44)30-39-17-13-37(14-18-39)28-43-22-20-41(32-43)26-35-9-5-2-6-10-35;20-11-16-1-5-18(6-2-16)13-22-9-10-23(15-22)14-19-7-3-17(12-21)4-8-19;1-2-4-10(5-3-1)8-12-7-6-11-9-12;;;;;/h1-24,31-33H,25-30H2;1-10,15H,11-14H2;1-7,9H,8H2;1H4;4*1H/q+3;+1;;;;;;. The van der Waals surface area contributed by atoms with Crippen LogP contribution in [-0.2, 0) is 70.7 Å². The Labute approximate surface area is 536 Å². The predicted molar refractivity (Wildman–Crippen MR) is 353 cm³/mol. The van der Waals surface area contributed by atoms with Crippen molar-refractivity contribution < 1.29 is 18.3 Å². The second kappa shape index (κ2) is 35.6. The van der Waals surface area contributed by atoms with Gasteiger partial charge in [-0.3, -0.25) is 0 Å². The van der Waals surface area contributed by atoms with Gasteiger partial charge in [0, 0.05) is 30.7 Å². The average Bonchev–Trinajstić information content (AvgIpc) is 4.45. The van der Waals surface area contributed by atoms with Crippen molar-refractivity contribution in [3.8, 4) is 0 Å². The van der Waals surface area contributed by atoms with E-state index in [1.54, 1.807) is 6.20 Å². The summed E-state index contributed by atoms with van der Waals surface area (Å²) in [6.07, 6.45) is 31.4. The van der Waals surface area contributed by atoms with Gasteiger partial charge in [-0.2, -0.15) is 0 Å². The first-order valence-electron chi connectivity index (χ1n) is 27.1. The fourth-order valence-corrected chi connectivity index (χ4v) is 9.86. The number of halogens is 6. The largest absolute Gasteiger partial charge is 0.333 e. The third-order valence-corrected chi connectivity index (χ3v) is 14.4. The van der Waals surface area contributed by atoms with Gasteiger partial charge in [0.15, 0.2) is 0 Å². The van der Waals surface area contributed by atoms with Crippen LogP contribution in [0.25, 0.3) is 0 Å². The number of benzene rings is 7. The minimum atomic E-state index is 0. The molecule has 16 heteroatoms. The van der Waals surface area contributed by atoms with E-state index in [-0.39, 0.29) is 57.1 Å². The van der Waals surface area contributed by atoms with Crippen molar-refractivity contribution in [2.45, 2.75) is 78.1 Å². The number of hydrogen-bond acceptors (Lipinski definition) is 1. The van der Waals surface area contributed by atoms with Crippen molar-refractivity contribution >= 4 is 72.8 Å². The summed E-state index contributed by atoms with van der Waals surface area (Å²) in [6, 6.07) is 66.3. The summed E-state index contributed by atoms with van der Waals surface area (Å²) < 4.78 is 19.8. The van der Waals surface area contributed by atoms with E-state index in [1.165, 1.54) is 50.1 Å². The fraction of sp³-hybridized carbons (Fsp3) is 0.174. The molecule has 0 spiro atoms. The van der Waals surface area contributed by atoms with E-state index in [4.69, 9.17) is 23.2 Å². The number of hydrogen-bond donors (Lipinski definition) is 0. The zero-order chi connectivity index (χ0) is 54.6. The van der Waals surface area contributed by atoms with Crippen LogP contribution in [0.5, 0.6) is 0 Å². The van der Waals surface area contributed by atoms with Crippen molar-refractivity contribution in [2.75, 3.05) is 0 Å². The molecule has 0 aliphatic heterocycles. The molecule has 5 heterocycles. The molecule has 10 nitrogen and oxygen atoms in total. The van der Waals surface area contributed by atoms with Crippen molar-refractivity contribution in [3.05, 3.63) is 343 Å². The Bertz CT molecular complexity index is 3490. The lowest BCUT2D eigenvalue weighted by atomic mass is 10.1. The lowest BCUT2D eigenvalue weighted by molar-refractivity contribution is -0.688. The number of imidazole rings is 5. The van der Waals surface area contributed by atoms with Gasteiger partial charge in [0.25, 0.3) is 0 Å². The van der Waals surface area contributed by atoms with E-state index >= 15 is 0 Å². The first kappa shape index (κ1) is 68.1. The Balaban J connectivity index is 0.000000275. The van der Waals surface area contributed by atoms with Gasteiger partial charge < -0.3 is 4.57 Å². The Morgan fingerprint density at radius 3 is 0.788 bits per heavy atom. The quantitative estimate of drug-likeness (QED) is 0.0554. The molecular weight excluding hydrogens is 1180 g/mol. The SMILES string of the molecule is C.Cl.Cl.Cl.Cl.ClCc1ccc(Cn2cc[n+](Cc3ccc(CCl)cc3)c2)cc1.c1ccc(C[n+]2ccn(Cc3ccc(Cn4cc[n+](Cc5ccc(Cn6cc[n+](Cc7ccccc7)c6)cc5)c4)cc3)c2)cc1.c1ccc(Cn2ccnc2)cc1. The highest BCUT2D eigenvalue weighted by atomic mass is 35.5. The summed E-state index contributed by atoms with van der Waals surface area (Å²) in [5, 5.41) is 0. The Kier molecular flexibility index (Phi) is 28.5. The third-order valence-electron chi connectivity index (χ3n) is 13.8. The summed E-state index contributed by atoms with van der Waals surface area (Å²) in [4.78, 5) is 3.98. The topological polar surface area (TPSA) is 53.1 Å². The van der Waals surface area contributed by atoms with Crippen LogP contribution in [0, 0.1) is 0 Å². The second-order valence-electron chi connectivity index (χ2n) is 20.3. The summed E-state index contributed by atoms with van der Waals surface area (Å²) in [5.41, 5.74) is 14.0. The molecule has 0 aliphatic rings. The number of nitrogens with zero attached hydrogens (tertiary/aromatic N) is 10. The van der Waals surface area contributed by atoms with Gasteiger partial charge in [0.2, 0.25) is 25.3 Å². The molecule has 85 heavy (non-hydrogen) atoms. The summed E-state index contributed by atoms with van der Waals surface area (Å²) in [5.74, 6) is 1.12. The lowest BCUT2D eigenvalue weighted by Gasteiger charge is -2.02. The second-order valence-corrected chi connectivity index (χ2v) is 20.8. The van der Waals surface area contributed by atoms with Crippen LogP contribution in [0.4, 0.5) is 0 Å². The van der Waals surface area contributed by atoms with Crippen LogP contribution in [-0.4, -0.2) is 27.8 Å². The van der Waals surface area contributed by atoms with E-state index in [9.17, 15) is 0 Å². The van der Waals surface area contributed by atoms with Crippen molar-refractivity contribution in [2.24, 2.45) is 0 Å². The molecule has 0 saturated carbocycles. The van der Waals surface area contributed by atoms with Crippen molar-refractivity contribution in [1.29, 1.82) is 0 Å². The van der Waals surface area contributed by atoms with Crippen molar-refractivity contribution in [1.82, 2.24) is 27.8 Å². The Morgan fingerprint density at radius 1 is 0.282 bits per heavy atom.